The van der Waals surface area contributed by atoms with Crippen molar-refractivity contribution in [1.82, 2.24) is 0 Å². The first kappa shape index (κ1) is 29.6. The number of rotatable bonds is 12. The van der Waals surface area contributed by atoms with Crippen molar-refractivity contribution >= 4 is 11.9 Å². The Balaban J connectivity index is 2.72. The van der Waals surface area contributed by atoms with Crippen LogP contribution in [0.4, 0.5) is 0 Å². The molecular formula is C29H36O8. The lowest BCUT2D eigenvalue weighted by Gasteiger charge is -2.31. The van der Waals surface area contributed by atoms with E-state index in [1.54, 1.807) is 50.2 Å². The predicted molar refractivity (Wildman–Crippen MR) is 140 cm³/mol. The number of carbonyl (C=O) groups excluding carboxylic acids is 2. The lowest BCUT2D eigenvalue weighted by atomic mass is 9.77. The maximum absolute atomic E-state index is 12.3. The van der Waals surface area contributed by atoms with Crippen molar-refractivity contribution in [2.45, 2.75) is 59.2 Å². The molecule has 0 aromatic heterocycles. The Kier molecular flexibility index (Phi) is 10.1. The number of hydrogen-bond acceptors (Lipinski definition) is 8. The molecule has 37 heavy (non-hydrogen) atoms. The van der Waals surface area contributed by atoms with Gasteiger partial charge in [-0.15, -0.1) is 0 Å². The minimum atomic E-state index is -0.862. The number of carbonyl (C=O) groups is 2. The molecule has 200 valence electrons. The molecule has 0 bridgehead atoms. The maximum Gasteiger partial charge on any atom is 0.338 e. The summed E-state index contributed by atoms with van der Waals surface area (Å²) in [6, 6.07) is 10.2. The molecule has 0 saturated heterocycles. The van der Waals surface area contributed by atoms with Crippen molar-refractivity contribution < 1.29 is 38.7 Å². The summed E-state index contributed by atoms with van der Waals surface area (Å²) in [6.45, 7) is 17.2. The van der Waals surface area contributed by atoms with Crippen molar-refractivity contribution in [1.29, 1.82) is 0 Å². The lowest BCUT2D eigenvalue weighted by Crippen LogP contribution is -2.25. The van der Waals surface area contributed by atoms with Gasteiger partial charge in [0.15, 0.2) is 23.0 Å². The zero-order valence-electron chi connectivity index (χ0n) is 22.3. The number of para-hydroxylation sites is 2. The molecule has 2 rings (SSSR count). The summed E-state index contributed by atoms with van der Waals surface area (Å²) in [5, 5.41) is 19.7. The highest BCUT2D eigenvalue weighted by Crippen LogP contribution is 2.47. The molecule has 2 aromatic carbocycles. The normalized spacial score (nSPS) is 12.8. The van der Waals surface area contributed by atoms with Gasteiger partial charge in [0.25, 0.3) is 0 Å². The molecule has 0 aliphatic heterocycles. The van der Waals surface area contributed by atoms with Crippen molar-refractivity contribution in [3.8, 4) is 23.0 Å². The van der Waals surface area contributed by atoms with Gasteiger partial charge >= 0.3 is 11.9 Å². The Morgan fingerprint density at radius 3 is 1.43 bits per heavy atom. The monoisotopic (exact) mass is 512 g/mol. The van der Waals surface area contributed by atoms with E-state index < -0.39 is 29.6 Å². The largest absolute Gasteiger partial charge is 0.487 e. The van der Waals surface area contributed by atoms with Crippen LogP contribution < -0.4 is 18.9 Å². The van der Waals surface area contributed by atoms with Crippen LogP contribution in [-0.2, 0) is 15.0 Å². The zero-order valence-corrected chi connectivity index (χ0v) is 22.3. The molecule has 2 atom stereocenters. The van der Waals surface area contributed by atoms with Gasteiger partial charge in [-0.25, -0.2) is 9.59 Å². The predicted octanol–water partition coefficient (Wildman–Crippen LogP) is 4.49. The maximum atomic E-state index is 12.3. The highest BCUT2D eigenvalue weighted by Gasteiger charge is 2.34. The molecule has 0 radical (unpaired) electrons. The van der Waals surface area contributed by atoms with E-state index in [1.165, 1.54) is 13.8 Å². The van der Waals surface area contributed by atoms with Crippen LogP contribution in [0.2, 0.25) is 0 Å². The Hall–Kier alpha value is -3.62. The molecule has 2 unspecified atom stereocenters. The van der Waals surface area contributed by atoms with Crippen LogP contribution in [0.1, 0.15) is 52.7 Å². The fraction of sp³-hybridized carbons (Fsp3) is 0.379. The third kappa shape index (κ3) is 7.68. The summed E-state index contributed by atoms with van der Waals surface area (Å²) < 4.78 is 23.0. The second kappa shape index (κ2) is 12.6. The number of aliphatic hydroxyl groups excluding tert-OH is 2. The first-order valence-electron chi connectivity index (χ1n) is 11.9. The van der Waals surface area contributed by atoms with Crippen LogP contribution in [-0.4, -0.2) is 47.6 Å². The topological polar surface area (TPSA) is 112 Å². The van der Waals surface area contributed by atoms with Crippen LogP contribution >= 0.6 is 0 Å². The summed E-state index contributed by atoms with van der Waals surface area (Å²) in [5.41, 5.74) is 0.800. The standard InChI is InChI=1S/C29H36O8/c1-17(2)27(32)36-23-13-9-11-21(25(23)34-15-19(5)30)29(7,8)22-12-10-14-24(37-28(33)18(3)4)26(22)35-16-20(6)31/h9-14,19-20,30-31H,1,3,15-16H2,2,4-8H3. The van der Waals surface area contributed by atoms with E-state index in [9.17, 15) is 19.8 Å². The second-order valence-corrected chi connectivity index (χ2v) is 9.55. The van der Waals surface area contributed by atoms with E-state index >= 15 is 0 Å². The molecular weight excluding hydrogens is 476 g/mol. The van der Waals surface area contributed by atoms with Gasteiger partial charge in [-0.1, -0.05) is 51.3 Å². The molecule has 8 heteroatoms. The van der Waals surface area contributed by atoms with E-state index in [2.05, 4.69) is 13.2 Å². The minimum absolute atomic E-state index is 0.0492. The molecule has 2 N–H and O–H groups in total. The quantitative estimate of drug-likeness (QED) is 0.243. The Morgan fingerprint density at radius 1 is 0.784 bits per heavy atom. The van der Waals surface area contributed by atoms with E-state index in [0.29, 0.717) is 11.1 Å². The summed E-state index contributed by atoms with van der Waals surface area (Å²) in [6.07, 6.45) is -1.56. The third-order valence-electron chi connectivity index (χ3n) is 5.34. The van der Waals surface area contributed by atoms with Gasteiger partial charge in [0.1, 0.15) is 13.2 Å². The van der Waals surface area contributed by atoms with Crippen LogP contribution in [0.15, 0.2) is 60.7 Å². The average molecular weight is 513 g/mol. The fourth-order valence-electron chi connectivity index (χ4n) is 3.40. The molecule has 2 aromatic rings. The van der Waals surface area contributed by atoms with E-state index in [4.69, 9.17) is 18.9 Å². The first-order chi connectivity index (χ1) is 17.2. The average Bonchev–Trinajstić information content (AvgIpc) is 2.81. The van der Waals surface area contributed by atoms with Gasteiger partial charge in [0.05, 0.1) is 12.2 Å². The Morgan fingerprint density at radius 2 is 1.14 bits per heavy atom. The van der Waals surface area contributed by atoms with Crippen LogP contribution in [0.25, 0.3) is 0 Å². The van der Waals surface area contributed by atoms with Crippen LogP contribution in [0.5, 0.6) is 23.0 Å². The summed E-state index contributed by atoms with van der Waals surface area (Å²) in [7, 11) is 0. The van der Waals surface area contributed by atoms with Crippen LogP contribution in [0.3, 0.4) is 0 Å². The summed E-state index contributed by atoms with van der Waals surface area (Å²) in [5.74, 6) is -0.397. The van der Waals surface area contributed by atoms with Crippen LogP contribution in [0, 0.1) is 0 Å². The fourth-order valence-corrected chi connectivity index (χ4v) is 3.40. The molecule has 0 fully saturated rings. The second-order valence-electron chi connectivity index (χ2n) is 9.55. The molecule has 8 nitrogen and oxygen atoms in total. The molecule has 0 heterocycles. The molecule has 0 spiro atoms. The SMILES string of the molecule is C=C(C)C(=O)Oc1cccc(C(C)(C)c2cccc(OC(=O)C(=C)C)c2OCC(C)O)c1OCC(C)O. The highest BCUT2D eigenvalue weighted by atomic mass is 16.6. The number of aliphatic hydroxyl groups is 2. The third-order valence-corrected chi connectivity index (χ3v) is 5.34. The number of hydrogen-bond donors (Lipinski definition) is 2. The van der Waals surface area contributed by atoms with Gasteiger partial charge < -0.3 is 29.2 Å². The number of benzene rings is 2. The lowest BCUT2D eigenvalue weighted by molar-refractivity contribution is -0.131. The Bertz CT molecular complexity index is 1070. The zero-order chi connectivity index (χ0) is 27.9. The van der Waals surface area contributed by atoms with Crippen molar-refractivity contribution in [2.75, 3.05) is 13.2 Å². The van der Waals surface area contributed by atoms with E-state index in [-0.39, 0.29) is 47.4 Å². The minimum Gasteiger partial charge on any atom is -0.487 e. The number of esters is 2. The van der Waals surface area contributed by atoms with E-state index in [1.807, 2.05) is 13.8 Å². The first-order valence-corrected chi connectivity index (χ1v) is 11.9. The molecule has 0 aliphatic rings. The Labute approximate surface area is 218 Å². The van der Waals surface area contributed by atoms with Gasteiger partial charge in [0.2, 0.25) is 0 Å². The van der Waals surface area contributed by atoms with Gasteiger partial charge in [0, 0.05) is 27.7 Å². The summed E-state index contributed by atoms with van der Waals surface area (Å²) in [4.78, 5) is 24.6. The van der Waals surface area contributed by atoms with Crippen molar-refractivity contribution in [3.05, 3.63) is 71.8 Å². The van der Waals surface area contributed by atoms with Gasteiger partial charge in [-0.05, 0) is 39.8 Å². The molecule has 0 amide bonds. The van der Waals surface area contributed by atoms with Crippen molar-refractivity contribution in [3.63, 3.8) is 0 Å². The highest BCUT2D eigenvalue weighted by molar-refractivity contribution is 5.90. The van der Waals surface area contributed by atoms with Crippen molar-refractivity contribution in [2.24, 2.45) is 0 Å². The van der Waals surface area contributed by atoms with Gasteiger partial charge in [-0.3, -0.25) is 0 Å². The molecule has 0 aliphatic carbocycles. The van der Waals surface area contributed by atoms with E-state index in [0.717, 1.165) is 0 Å². The van der Waals surface area contributed by atoms with Gasteiger partial charge in [-0.2, -0.15) is 0 Å². The smallest absolute Gasteiger partial charge is 0.338 e. The molecule has 0 saturated carbocycles. The summed E-state index contributed by atoms with van der Waals surface area (Å²) >= 11 is 0. The number of ether oxygens (including phenoxy) is 4.